The molecule has 1 aromatic carbocycles. The zero-order chi connectivity index (χ0) is 16.1. The van der Waals surface area contributed by atoms with E-state index in [0.29, 0.717) is 0 Å². The number of aromatic nitrogens is 4. The Morgan fingerprint density at radius 3 is 2.67 bits per heavy atom. The summed E-state index contributed by atoms with van der Waals surface area (Å²) in [7, 11) is 2.03. The van der Waals surface area contributed by atoms with Crippen molar-refractivity contribution in [3.05, 3.63) is 67.1 Å². The molecule has 0 aliphatic carbocycles. The molecule has 0 spiro atoms. The number of hydrogen-bond donors (Lipinski definition) is 0. The lowest BCUT2D eigenvalue weighted by atomic mass is 10.3. The first kappa shape index (κ1) is 13.5. The standard InChI is InChI=1S/C19H14N4S/c1-22-10-4-6-16(22)15-12-23-11-13(8-9-18(23)20-15)19-21-14-5-2-3-7-17(14)24-19/h2-12H,1H3. The maximum absolute atomic E-state index is 4.74. The third kappa shape index (κ3) is 2.06. The van der Waals surface area contributed by atoms with Gasteiger partial charge >= 0.3 is 0 Å². The van der Waals surface area contributed by atoms with E-state index in [1.165, 1.54) is 4.70 Å². The third-order valence-electron chi connectivity index (χ3n) is 4.20. The van der Waals surface area contributed by atoms with Crippen LogP contribution < -0.4 is 0 Å². The third-order valence-corrected chi connectivity index (χ3v) is 5.28. The first-order valence-corrected chi connectivity index (χ1v) is 8.56. The van der Waals surface area contributed by atoms with Crippen molar-refractivity contribution in [3.8, 4) is 22.0 Å². The molecular weight excluding hydrogens is 316 g/mol. The summed E-state index contributed by atoms with van der Waals surface area (Å²) in [5, 5.41) is 1.03. The van der Waals surface area contributed by atoms with E-state index in [-0.39, 0.29) is 0 Å². The first-order valence-electron chi connectivity index (χ1n) is 7.74. The summed E-state index contributed by atoms with van der Waals surface area (Å²) in [5.74, 6) is 0. The molecule has 5 heteroatoms. The molecule has 5 aromatic rings. The van der Waals surface area contributed by atoms with Crippen LogP contribution in [0.5, 0.6) is 0 Å². The van der Waals surface area contributed by atoms with E-state index in [1.807, 2.05) is 31.4 Å². The molecule has 0 saturated carbocycles. The number of rotatable bonds is 2. The molecule has 4 nitrogen and oxygen atoms in total. The Labute approximate surface area is 142 Å². The molecule has 4 aromatic heterocycles. The molecule has 0 radical (unpaired) electrons. The largest absolute Gasteiger partial charge is 0.349 e. The molecule has 5 rings (SSSR count). The molecule has 0 amide bonds. The summed E-state index contributed by atoms with van der Waals surface area (Å²) >= 11 is 1.72. The smallest absolute Gasteiger partial charge is 0.137 e. The predicted molar refractivity (Wildman–Crippen MR) is 98.2 cm³/mol. The van der Waals surface area contributed by atoms with Gasteiger partial charge in [-0.05, 0) is 36.4 Å². The van der Waals surface area contributed by atoms with Gasteiger partial charge in [0.05, 0.1) is 15.9 Å². The van der Waals surface area contributed by atoms with Crippen LogP contribution >= 0.6 is 11.3 Å². The lowest BCUT2D eigenvalue weighted by Gasteiger charge is -1.97. The molecule has 0 fully saturated rings. The molecule has 0 aliphatic rings. The Morgan fingerprint density at radius 2 is 1.83 bits per heavy atom. The predicted octanol–water partition coefficient (Wildman–Crippen LogP) is 4.62. The lowest BCUT2D eigenvalue weighted by molar-refractivity contribution is 0.933. The van der Waals surface area contributed by atoms with Crippen molar-refractivity contribution < 1.29 is 0 Å². The summed E-state index contributed by atoms with van der Waals surface area (Å²) in [6.07, 6.45) is 6.21. The van der Waals surface area contributed by atoms with E-state index < -0.39 is 0 Å². The van der Waals surface area contributed by atoms with Gasteiger partial charge in [-0.2, -0.15) is 0 Å². The Bertz CT molecular complexity index is 1150. The van der Waals surface area contributed by atoms with Gasteiger partial charge in [-0.15, -0.1) is 11.3 Å². The monoisotopic (exact) mass is 330 g/mol. The normalized spacial score (nSPS) is 11.5. The molecule has 0 saturated heterocycles. The molecule has 0 atom stereocenters. The fourth-order valence-corrected chi connectivity index (χ4v) is 3.92. The molecular formula is C19H14N4S. The van der Waals surface area contributed by atoms with E-state index in [0.717, 1.165) is 33.1 Å². The van der Waals surface area contributed by atoms with Gasteiger partial charge in [0.1, 0.15) is 16.3 Å². The van der Waals surface area contributed by atoms with Gasteiger partial charge in [0.2, 0.25) is 0 Å². The molecule has 4 heterocycles. The zero-order valence-electron chi connectivity index (χ0n) is 13.0. The van der Waals surface area contributed by atoms with Gasteiger partial charge in [0.15, 0.2) is 0 Å². The van der Waals surface area contributed by atoms with Crippen molar-refractivity contribution in [3.63, 3.8) is 0 Å². The van der Waals surface area contributed by atoms with E-state index in [4.69, 9.17) is 9.97 Å². The maximum atomic E-state index is 4.74. The summed E-state index contributed by atoms with van der Waals surface area (Å²) in [6.45, 7) is 0. The second-order valence-corrected chi connectivity index (χ2v) is 6.83. The van der Waals surface area contributed by atoms with Crippen LogP contribution in [0.1, 0.15) is 0 Å². The highest BCUT2D eigenvalue weighted by atomic mass is 32.1. The number of imidazole rings is 1. The minimum Gasteiger partial charge on any atom is -0.349 e. The van der Waals surface area contributed by atoms with Gasteiger partial charge in [-0.25, -0.2) is 9.97 Å². The zero-order valence-corrected chi connectivity index (χ0v) is 13.9. The van der Waals surface area contributed by atoms with E-state index in [1.54, 1.807) is 11.3 Å². The lowest BCUT2D eigenvalue weighted by Crippen LogP contribution is -1.88. The van der Waals surface area contributed by atoms with Crippen molar-refractivity contribution in [2.45, 2.75) is 0 Å². The molecule has 0 N–H and O–H groups in total. The van der Waals surface area contributed by atoms with E-state index in [2.05, 4.69) is 51.7 Å². The van der Waals surface area contributed by atoms with Crippen molar-refractivity contribution >= 4 is 27.2 Å². The second kappa shape index (κ2) is 5.04. The maximum Gasteiger partial charge on any atom is 0.137 e. The van der Waals surface area contributed by atoms with Crippen molar-refractivity contribution in [1.82, 2.24) is 18.9 Å². The Morgan fingerprint density at radius 1 is 0.917 bits per heavy atom. The molecule has 0 bridgehead atoms. The number of thiazole rings is 1. The van der Waals surface area contributed by atoms with Gasteiger partial charge in [0, 0.05) is 31.2 Å². The van der Waals surface area contributed by atoms with Gasteiger partial charge in [-0.1, -0.05) is 12.1 Å². The van der Waals surface area contributed by atoms with Crippen LogP contribution in [0.3, 0.4) is 0 Å². The van der Waals surface area contributed by atoms with E-state index >= 15 is 0 Å². The molecule has 0 aliphatic heterocycles. The van der Waals surface area contributed by atoms with Gasteiger partial charge in [-0.3, -0.25) is 0 Å². The Balaban J connectivity index is 1.64. The number of hydrogen-bond acceptors (Lipinski definition) is 3. The highest BCUT2D eigenvalue weighted by Crippen LogP contribution is 2.30. The average Bonchev–Trinajstić information content (AvgIpc) is 3.30. The number of benzene rings is 1. The highest BCUT2D eigenvalue weighted by molar-refractivity contribution is 7.21. The van der Waals surface area contributed by atoms with Crippen molar-refractivity contribution in [1.29, 1.82) is 0 Å². The van der Waals surface area contributed by atoms with Crippen LogP contribution in [0, 0.1) is 0 Å². The minimum absolute atomic E-state index is 0.941. The molecule has 24 heavy (non-hydrogen) atoms. The second-order valence-electron chi connectivity index (χ2n) is 5.80. The highest BCUT2D eigenvalue weighted by Gasteiger charge is 2.10. The average molecular weight is 330 g/mol. The topological polar surface area (TPSA) is 35.1 Å². The SMILES string of the molecule is Cn1cccc1-c1cn2cc(-c3nc4ccccc4s3)ccc2n1. The van der Waals surface area contributed by atoms with Crippen LogP contribution in [-0.4, -0.2) is 18.9 Å². The van der Waals surface area contributed by atoms with Crippen LogP contribution in [-0.2, 0) is 7.05 Å². The molecule has 116 valence electrons. The van der Waals surface area contributed by atoms with Crippen LogP contribution in [0.15, 0.2) is 67.1 Å². The van der Waals surface area contributed by atoms with Crippen LogP contribution in [0.2, 0.25) is 0 Å². The number of para-hydroxylation sites is 1. The number of pyridine rings is 1. The number of nitrogens with zero attached hydrogens (tertiary/aromatic N) is 4. The summed E-state index contributed by atoms with van der Waals surface area (Å²) in [5.41, 5.74) is 5.19. The summed E-state index contributed by atoms with van der Waals surface area (Å²) in [4.78, 5) is 9.46. The van der Waals surface area contributed by atoms with Crippen LogP contribution in [0.4, 0.5) is 0 Å². The summed E-state index contributed by atoms with van der Waals surface area (Å²) < 4.78 is 5.36. The molecule has 0 unspecified atom stereocenters. The first-order chi connectivity index (χ1) is 11.8. The summed E-state index contributed by atoms with van der Waals surface area (Å²) in [6, 6.07) is 16.5. The van der Waals surface area contributed by atoms with Crippen molar-refractivity contribution in [2.24, 2.45) is 7.05 Å². The Kier molecular flexibility index (Phi) is 2.84. The minimum atomic E-state index is 0.941. The fraction of sp³-hybridized carbons (Fsp3) is 0.0526. The van der Waals surface area contributed by atoms with Crippen molar-refractivity contribution in [2.75, 3.05) is 0 Å². The van der Waals surface area contributed by atoms with Crippen LogP contribution in [0.25, 0.3) is 37.8 Å². The fourth-order valence-electron chi connectivity index (χ4n) is 2.96. The van der Waals surface area contributed by atoms with E-state index in [9.17, 15) is 0 Å². The number of aryl methyl sites for hydroxylation is 1. The Hall–Kier alpha value is -2.92. The van der Waals surface area contributed by atoms with Gasteiger partial charge < -0.3 is 8.97 Å². The number of fused-ring (bicyclic) bond motifs is 2. The van der Waals surface area contributed by atoms with Gasteiger partial charge in [0.25, 0.3) is 0 Å². The quantitative estimate of drug-likeness (QED) is 0.473.